The molecule has 1 heterocycles. The van der Waals surface area contributed by atoms with Crippen LogP contribution in [0.1, 0.15) is 37.5 Å². The summed E-state index contributed by atoms with van der Waals surface area (Å²) in [5.41, 5.74) is 5.28. The largest absolute Gasteiger partial charge is 0.288 e. The SMILES string of the molecule is Cc1cc(C)c(C(=O)c2sccc2C)c(C)c1. The fraction of sp³-hybridized carbons (Fsp3) is 0.267. The van der Waals surface area contributed by atoms with Gasteiger partial charge in [-0.15, -0.1) is 11.3 Å². The van der Waals surface area contributed by atoms with Crippen LogP contribution in [0.25, 0.3) is 0 Å². The Morgan fingerprint density at radius 3 is 2.06 bits per heavy atom. The van der Waals surface area contributed by atoms with E-state index in [0.717, 1.165) is 27.1 Å². The second-order valence-electron chi connectivity index (χ2n) is 4.54. The number of aryl methyl sites for hydroxylation is 4. The van der Waals surface area contributed by atoms with Crippen molar-refractivity contribution in [2.45, 2.75) is 27.7 Å². The van der Waals surface area contributed by atoms with Gasteiger partial charge in [-0.25, -0.2) is 0 Å². The van der Waals surface area contributed by atoms with Crippen molar-refractivity contribution >= 4 is 17.1 Å². The van der Waals surface area contributed by atoms with E-state index in [2.05, 4.69) is 19.1 Å². The van der Waals surface area contributed by atoms with Gasteiger partial charge in [0, 0.05) is 5.56 Å². The van der Waals surface area contributed by atoms with Gasteiger partial charge in [-0.3, -0.25) is 4.79 Å². The predicted octanol–water partition coefficient (Wildman–Crippen LogP) is 4.21. The first-order chi connectivity index (χ1) is 8.00. The molecular formula is C15H16OS. The van der Waals surface area contributed by atoms with Crippen molar-refractivity contribution in [1.82, 2.24) is 0 Å². The second-order valence-corrected chi connectivity index (χ2v) is 5.45. The summed E-state index contributed by atoms with van der Waals surface area (Å²) < 4.78 is 0. The minimum Gasteiger partial charge on any atom is -0.288 e. The van der Waals surface area contributed by atoms with E-state index in [0.29, 0.717) is 0 Å². The highest BCUT2D eigenvalue weighted by molar-refractivity contribution is 7.12. The van der Waals surface area contributed by atoms with Crippen LogP contribution in [0.5, 0.6) is 0 Å². The van der Waals surface area contributed by atoms with Crippen LogP contribution in [0, 0.1) is 27.7 Å². The molecule has 0 fully saturated rings. The number of hydrogen-bond donors (Lipinski definition) is 0. The van der Waals surface area contributed by atoms with Crippen molar-refractivity contribution in [3.63, 3.8) is 0 Å². The Morgan fingerprint density at radius 1 is 1.00 bits per heavy atom. The van der Waals surface area contributed by atoms with E-state index in [1.807, 2.05) is 32.2 Å². The molecule has 0 saturated heterocycles. The molecule has 2 rings (SSSR count). The van der Waals surface area contributed by atoms with E-state index in [4.69, 9.17) is 0 Å². The lowest BCUT2D eigenvalue weighted by Crippen LogP contribution is -2.06. The highest BCUT2D eigenvalue weighted by Crippen LogP contribution is 2.24. The molecule has 0 aliphatic carbocycles. The first-order valence-electron chi connectivity index (χ1n) is 5.67. The van der Waals surface area contributed by atoms with Crippen LogP contribution in [-0.4, -0.2) is 5.78 Å². The van der Waals surface area contributed by atoms with Crippen LogP contribution >= 0.6 is 11.3 Å². The molecular weight excluding hydrogens is 228 g/mol. The summed E-state index contributed by atoms with van der Waals surface area (Å²) in [6, 6.07) is 6.14. The molecule has 2 heteroatoms. The van der Waals surface area contributed by atoms with Gasteiger partial charge in [0.25, 0.3) is 0 Å². The molecule has 0 amide bonds. The number of ketones is 1. The molecule has 0 unspecified atom stereocenters. The maximum atomic E-state index is 12.5. The van der Waals surface area contributed by atoms with E-state index >= 15 is 0 Å². The molecule has 17 heavy (non-hydrogen) atoms. The Morgan fingerprint density at radius 2 is 1.59 bits per heavy atom. The fourth-order valence-electron chi connectivity index (χ4n) is 2.26. The maximum Gasteiger partial charge on any atom is 0.203 e. The summed E-state index contributed by atoms with van der Waals surface area (Å²) in [5, 5.41) is 1.97. The van der Waals surface area contributed by atoms with Gasteiger partial charge >= 0.3 is 0 Å². The van der Waals surface area contributed by atoms with Gasteiger partial charge in [0.2, 0.25) is 5.78 Å². The molecule has 0 N–H and O–H groups in total. The van der Waals surface area contributed by atoms with Crippen LogP contribution in [-0.2, 0) is 0 Å². The highest BCUT2D eigenvalue weighted by Gasteiger charge is 2.17. The summed E-state index contributed by atoms with van der Waals surface area (Å²) in [7, 11) is 0. The van der Waals surface area contributed by atoms with Gasteiger partial charge in [0.05, 0.1) is 4.88 Å². The minimum absolute atomic E-state index is 0.160. The highest BCUT2D eigenvalue weighted by atomic mass is 32.1. The van der Waals surface area contributed by atoms with Crippen molar-refractivity contribution in [3.8, 4) is 0 Å². The molecule has 2 aromatic rings. The molecule has 0 atom stereocenters. The number of thiophene rings is 1. The van der Waals surface area contributed by atoms with Crippen LogP contribution < -0.4 is 0 Å². The molecule has 0 spiro atoms. The zero-order valence-electron chi connectivity index (χ0n) is 10.6. The van der Waals surface area contributed by atoms with Crippen molar-refractivity contribution in [2.24, 2.45) is 0 Å². The molecule has 1 aromatic heterocycles. The van der Waals surface area contributed by atoms with Crippen molar-refractivity contribution in [1.29, 1.82) is 0 Å². The standard InChI is InChI=1S/C15H16OS/c1-9-7-11(3)13(12(4)8-9)14(16)15-10(2)5-6-17-15/h5-8H,1-4H3. The minimum atomic E-state index is 0.160. The van der Waals surface area contributed by atoms with Crippen molar-refractivity contribution < 1.29 is 4.79 Å². The van der Waals surface area contributed by atoms with Gasteiger partial charge in [-0.2, -0.15) is 0 Å². The average molecular weight is 244 g/mol. The number of benzene rings is 1. The summed E-state index contributed by atoms with van der Waals surface area (Å²) in [4.78, 5) is 13.4. The van der Waals surface area contributed by atoms with E-state index in [1.165, 1.54) is 16.9 Å². The van der Waals surface area contributed by atoms with Gasteiger partial charge in [-0.1, -0.05) is 17.7 Å². The Bertz CT molecular complexity index is 555. The van der Waals surface area contributed by atoms with Gasteiger partial charge in [0.1, 0.15) is 0 Å². The zero-order chi connectivity index (χ0) is 12.6. The summed E-state index contributed by atoms with van der Waals surface area (Å²) in [6.07, 6.45) is 0. The number of carbonyl (C=O) groups is 1. The summed E-state index contributed by atoms with van der Waals surface area (Å²) >= 11 is 1.52. The number of carbonyl (C=O) groups excluding carboxylic acids is 1. The Labute approximate surface area is 106 Å². The first-order valence-corrected chi connectivity index (χ1v) is 6.55. The van der Waals surface area contributed by atoms with E-state index < -0.39 is 0 Å². The molecule has 1 nitrogen and oxygen atoms in total. The van der Waals surface area contributed by atoms with E-state index in [9.17, 15) is 4.79 Å². The smallest absolute Gasteiger partial charge is 0.203 e. The molecule has 88 valence electrons. The molecule has 0 radical (unpaired) electrons. The quantitative estimate of drug-likeness (QED) is 0.723. The molecule has 0 aliphatic rings. The molecule has 0 bridgehead atoms. The van der Waals surface area contributed by atoms with Crippen LogP contribution in [0.4, 0.5) is 0 Å². The van der Waals surface area contributed by atoms with E-state index in [1.54, 1.807) is 0 Å². The third kappa shape index (κ3) is 2.18. The molecule has 1 aromatic carbocycles. The van der Waals surface area contributed by atoms with Gasteiger partial charge in [-0.05, 0) is 55.8 Å². The summed E-state index contributed by atoms with van der Waals surface area (Å²) in [6.45, 7) is 8.07. The third-order valence-corrected chi connectivity index (χ3v) is 3.99. The topological polar surface area (TPSA) is 17.1 Å². The Balaban J connectivity index is 2.56. The maximum absolute atomic E-state index is 12.5. The normalized spacial score (nSPS) is 10.6. The summed E-state index contributed by atoms with van der Waals surface area (Å²) in [5.74, 6) is 0.160. The average Bonchev–Trinajstić information content (AvgIpc) is 2.62. The monoisotopic (exact) mass is 244 g/mol. The zero-order valence-corrected chi connectivity index (χ0v) is 11.4. The fourth-order valence-corrected chi connectivity index (χ4v) is 3.13. The second kappa shape index (κ2) is 4.46. The third-order valence-electron chi connectivity index (χ3n) is 2.97. The lowest BCUT2D eigenvalue weighted by atomic mass is 9.95. The Kier molecular flexibility index (Phi) is 3.16. The van der Waals surface area contributed by atoms with Gasteiger partial charge in [0.15, 0.2) is 0 Å². The lowest BCUT2D eigenvalue weighted by molar-refractivity contribution is 0.104. The number of rotatable bonds is 2. The molecule has 0 aliphatic heterocycles. The van der Waals surface area contributed by atoms with E-state index in [-0.39, 0.29) is 5.78 Å². The van der Waals surface area contributed by atoms with Crippen molar-refractivity contribution in [2.75, 3.05) is 0 Å². The van der Waals surface area contributed by atoms with Crippen LogP contribution in [0.15, 0.2) is 23.6 Å². The van der Waals surface area contributed by atoms with Gasteiger partial charge < -0.3 is 0 Å². The first kappa shape index (κ1) is 12.1. The Hall–Kier alpha value is -1.41. The lowest BCUT2D eigenvalue weighted by Gasteiger charge is -2.09. The number of hydrogen-bond acceptors (Lipinski definition) is 2. The predicted molar refractivity (Wildman–Crippen MR) is 73.1 cm³/mol. The van der Waals surface area contributed by atoms with Crippen molar-refractivity contribution in [3.05, 3.63) is 56.3 Å². The van der Waals surface area contributed by atoms with Crippen LogP contribution in [0.2, 0.25) is 0 Å². The van der Waals surface area contributed by atoms with Crippen LogP contribution in [0.3, 0.4) is 0 Å². The molecule has 0 saturated carbocycles.